The van der Waals surface area contributed by atoms with Crippen molar-refractivity contribution in [3.8, 4) is 23.1 Å². The Balaban J connectivity index is 1.77. The summed E-state index contributed by atoms with van der Waals surface area (Å²) in [6.07, 6.45) is 4.04. The van der Waals surface area contributed by atoms with Crippen molar-refractivity contribution in [3.63, 3.8) is 0 Å². The van der Waals surface area contributed by atoms with Crippen LogP contribution < -0.4 is 5.32 Å². The molecule has 7 heteroatoms. The standard InChI is InChI=1S/C24H22N6O/c1-16-13-18(15-25)6-7-20(16)28-24-19(9-12-31)23(14-17(2)27-24)30-11-8-22(29-30)21-5-3-4-10-26-21/h3-8,10-11,13-14,31H,9,12H2,1-2H3,(H,27,28). The number of aliphatic hydroxyl groups excluding tert-OH is 1. The summed E-state index contributed by atoms with van der Waals surface area (Å²) < 4.78 is 1.79. The van der Waals surface area contributed by atoms with Crippen molar-refractivity contribution in [2.24, 2.45) is 0 Å². The predicted molar refractivity (Wildman–Crippen MR) is 119 cm³/mol. The van der Waals surface area contributed by atoms with Gasteiger partial charge in [-0.2, -0.15) is 10.4 Å². The van der Waals surface area contributed by atoms with Gasteiger partial charge in [0.1, 0.15) is 11.5 Å². The van der Waals surface area contributed by atoms with E-state index in [9.17, 15) is 5.11 Å². The summed E-state index contributed by atoms with van der Waals surface area (Å²) in [7, 11) is 0. The SMILES string of the molecule is Cc1cc(-n2ccc(-c3ccccn3)n2)c(CCO)c(Nc2ccc(C#N)cc2C)n1. The number of pyridine rings is 2. The van der Waals surface area contributed by atoms with E-state index >= 15 is 0 Å². The highest BCUT2D eigenvalue weighted by Gasteiger charge is 2.16. The summed E-state index contributed by atoms with van der Waals surface area (Å²) in [5.74, 6) is 0.659. The van der Waals surface area contributed by atoms with E-state index in [1.165, 1.54) is 0 Å². The molecule has 0 fully saturated rings. The minimum absolute atomic E-state index is 0.0207. The van der Waals surface area contributed by atoms with Gasteiger partial charge in [0.05, 0.1) is 23.0 Å². The monoisotopic (exact) mass is 410 g/mol. The highest BCUT2D eigenvalue weighted by atomic mass is 16.3. The third-order valence-corrected chi connectivity index (χ3v) is 4.96. The first-order valence-electron chi connectivity index (χ1n) is 9.95. The van der Waals surface area contributed by atoms with Crippen LogP contribution in [0.15, 0.2) is 60.9 Å². The van der Waals surface area contributed by atoms with Gasteiger partial charge in [-0.15, -0.1) is 0 Å². The Morgan fingerprint density at radius 3 is 2.68 bits per heavy atom. The predicted octanol–water partition coefficient (Wildman–Crippen LogP) is 4.10. The van der Waals surface area contributed by atoms with E-state index in [1.54, 1.807) is 16.9 Å². The van der Waals surface area contributed by atoms with Crippen molar-refractivity contribution in [2.75, 3.05) is 11.9 Å². The molecule has 31 heavy (non-hydrogen) atoms. The normalized spacial score (nSPS) is 10.6. The van der Waals surface area contributed by atoms with Crippen LogP contribution in [0.5, 0.6) is 0 Å². The number of hydrogen-bond acceptors (Lipinski definition) is 6. The molecule has 0 aliphatic heterocycles. The van der Waals surface area contributed by atoms with Crippen LogP contribution in [0.1, 0.15) is 22.4 Å². The first-order chi connectivity index (χ1) is 15.1. The van der Waals surface area contributed by atoms with Gasteiger partial charge in [0, 0.05) is 42.4 Å². The third kappa shape index (κ3) is 4.29. The molecule has 4 aromatic rings. The van der Waals surface area contributed by atoms with Crippen LogP contribution >= 0.6 is 0 Å². The molecule has 7 nitrogen and oxygen atoms in total. The highest BCUT2D eigenvalue weighted by Crippen LogP contribution is 2.28. The van der Waals surface area contributed by atoms with E-state index in [0.29, 0.717) is 17.8 Å². The van der Waals surface area contributed by atoms with Gasteiger partial charge in [0.25, 0.3) is 0 Å². The molecule has 0 saturated carbocycles. The van der Waals surface area contributed by atoms with Crippen LogP contribution in [-0.4, -0.2) is 31.5 Å². The Bertz CT molecular complexity index is 1260. The fraction of sp³-hybridized carbons (Fsp3) is 0.167. The number of rotatable bonds is 6. The Labute approximate surface area is 180 Å². The molecule has 0 bridgehead atoms. The van der Waals surface area contributed by atoms with Crippen LogP contribution in [0.3, 0.4) is 0 Å². The average Bonchev–Trinajstić information content (AvgIpc) is 3.27. The van der Waals surface area contributed by atoms with Gasteiger partial charge in [-0.25, -0.2) is 9.67 Å². The molecule has 0 saturated heterocycles. The Morgan fingerprint density at radius 1 is 1.10 bits per heavy atom. The van der Waals surface area contributed by atoms with Gasteiger partial charge in [-0.05, 0) is 61.9 Å². The zero-order valence-electron chi connectivity index (χ0n) is 17.4. The summed E-state index contributed by atoms with van der Waals surface area (Å²) in [4.78, 5) is 9.05. The summed E-state index contributed by atoms with van der Waals surface area (Å²) in [6, 6.07) is 17.2. The maximum atomic E-state index is 9.73. The molecule has 1 aromatic carbocycles. The van der Waals surface area contributed by atoms with E-state index in [2.05, 4.69) is 21.4 Å². The minimum atomic E-state index is -0.0207. The average molecular weight is 410 g/mol. The number of aryl methyl sites for hydroxylation is 2. The third-order valence-electron chi connectivity index (χ3n) is 4.96. The number of anilines is 2. The first kappa shape index (κ1) is 20.3. The zero-order chi connectivity index (χ0) is 21.8. The number of aromatic nitrogens is 4. The Hall–Kier alpha value is -4.02. The Morgan fingerprint density at radius 2 is 1.97 bits per heavy atom. The van der Waals surface area contributed by atoms with Crippen molar-refractivity contribution >= 4 is 11.5 Å². The molecule has 0 aliphatic carbocycles. The van der Waals surface area contributed by atoms with E-state index in [4.69, 9.17) is 10.4 Å². The Kier molecular flexibility index (Phi) is 5.74. The largest absolute Gasteiger partial charge is 0.396 e. The molecule has 0 amide bonds. The maximum Gasteiger partial charge on any atom is 0.136 e. The fourth-order valence-electron chi connectivity index (χ4n) is 3.46. The summed E-state index contributed by atoms with van der Waals surface area (Å²) in [6.45, 7) is 3.84. The second kappa shape index (κ2) is 8.78. The lowest BCUT2D eigenvalue weighted by molar-refractivity contribution is 0.299. The van der Waals surface area contributed by atoms with Crippen LogP contribution in [0.2, 0.25) is 0 Å². The highest BCUT2D eigenvalue weighted by molar-refractivity contribution is 5.67. The number of benzene rings is 1. The number of aliphatic hydroxyl groups is 1. The molecule has 154 valence electrons. The van der Waals surface area contributed by atoms with Crippen LogP contribution in [-0.2, 0) is 6.42 Å². The molecule has 3 aromatic heterocycles. The summed E-state index contributed by atoms with van der Waals surface area (Å²) in [5, 5.41) is 26.9. The van der Waals surface area contributed by atoms with Gasteiger partial charge in [-0.3, -0.25) is 4.98 Å². The second-order valence-electron chi connectivity index (χ2n) is 7.21. The summed E-state index contributed by atoms with van der Waals surface area (Å²) >= 11 is 0. The smallest absolute Gasteiger partial charge is 0.136 e. The van der Waals surface area contributed by atoms with E-state index in [1.807, 2.05) is 62.5 Å². The molecule has 3 heterocycles. The fourth-order valence-corrected chi connectivity index (χ4v) is 3.46. The maximum absolute atomic E-state index is 9.73. The number of nitrogens with zero attached hydrogens (tertiary/aromatic N) is 5. The van der Waals surface area contributed by atoms with Crippen molar-refractivity contribution in [2.45, 2.75) is 20.3 Å². The van der Waals surface area contributed by atoms with Crippen molar-refractivity contribution in [1.82, 2.24) is 19.7 Å². The molecular formula is C24H22N6O. The number of nitriles is 1. The van der Waals surface area contributed by atoms with Crippen molar-refractivity contribution < 1.29 is 5.11 Å². The topological polar surface area (TPSA) is 99.6 Å². The molecule has 0 spiro atoms. The van der Waals surface area contributed by atoms with Gasteiger partial charge >= 0.3 is 0 Å². The van der Waals surface area contributed by atoms with Gasteiger partial charge in [-0.1, -0.05) is 6.07 Å². The second-order valence-corrected chi connectivity index (χ2v) is 7.21. The number of hydrogen-bond donors (Lipinski definition) is 2. The summed E-state index contributed by atoms with van der Waals surface area (Å²) in [5.41, 5.74) is 6.48. The van der Waals surface area contributed by atoms with Crippen LogP contribution in [0, 0.1) is 25.2 Å². The van der Waals surface area contributed by atoms with Gasteiger partial charge < -0.3 is 10.4 Å². The lowest BCUT2D eigenvalue weighted by Gasteiger charge is -2.17. The minimum Gasteiger partial charge on any atom is -0.396 e. The zero-order valence-corrected chi connectivity index (χ0v) is 17.4. The van der Waals surface area contributed by atoms with Gasteiger partial charge in [0.15, 0.2) is 0 Å². The molecular weight excluding hydrogens is 388 g/mol. The van der Waals surface area contributed by atoms with E-state index < -0.39 is 0 Å². The van der Waals surface area contributed by atoms with E-state index in [-0.39, 0.29) is 6.61 Å². The first-order valence-corrected chi connectivity index (χ1v) is 9.95. The molecule has 0 unspecified atom stereocenters. The van der Waals surface area contributed by atoms with Crippen molar-refractivity contribution in [3.05, 3.63) is 83.3 Å². The van der Waals surface area contributed by atoms with Crippen LogP contribution in [0.4, 0.5) is 11.5 Å². The van der Waals surface area contributed by atoms with Crippen molar-refractivity contribution in [1.29, 1.82) is 5.26 Å². The van der Waals surface area contributed by atoms with Gasteiger partial charge in [0.2, 0.25) is 0 Å². The van der Waals surface area contributed by atoms with Crippen LogP contribution in [0.25, 0.3) is 17.1 Å². The molecule has 4 rings (SSSR count). The number of nitrogens with one attached hydrogen (secondary N) is 1. The molecule has 0 atom stereocenters. The van der Waals surface area contributed by atoms with E-state index in [0.717, 1.165) is 39.6 Å². The molecule has 2 N–H and O–H groups in total. The molecule has 0 aliphatic rings. The lowest BCUT2D eigenvalue weighted by Crippen LogP contribution is -2.10. The quantitative estimate of drug-likeness (QED) is 0.496. The molecule has 0 radical (unpaired) electrons. The lowest BCUT2D eigenvalue weighted by atomic mass is 10.1.